The molecule has 2 aliphatic rings. The summed E-state index contributed by atoms with van der Waals surface area (Å²) in [5.74, 6) is -0.951. The lowest BCUT2D eigenvalue weighted by molar-refractivity contribution is -0.152. The molecule has 2 fully saturated rings. The van der Waals surface area contributed by atoms with Crippen LogP contribution in [0.15, 0.2) is 30.7 Å². The predicted molar refractivity (Wildman–Crippen MR) is 145 cm³/mol. The number of amides is 3. The van der Waals surface area contributed by atoms with Gasteiger partial charge in [0.2, 0.25) is 6.79 Å². The van der Waals surface area contributed by atoms with Gasteiger partial charge in [-0.3, -0.25) is 14.4 Å². The summed E-state index contributed by atoms with van der Waals surface area (Å²) >= 11 is 0. The summed E-state index contributed by atoms with van der Waals surface area (Å²) in [7, 11) is 0. The van der Waals surface area contributed by atoms with Crippen molar-refractivity contribution in [1.29, 1.82) is 0 Å². The number of carbonyl (C=O) groups is 5. The molecule has 2 heterocycles. The summed E-state index contributed by atoms with van der Waals surface area (Å²) in [5.41, 5.74) is 3.48. The minimum Gasteiger partial charge on any atom is -0.428 e. The number of aromatic nitrogens is 3. The van der Waals surface area contributed by atoms with Gasteiger partial charge in [-0.25, -0.2) is 19.2 Å². The molecule has 0 atom stereocenters. The molecule has 2 saturated carbocycles. The van der Waals surface area contributed by atoms with E-state index in [9.17, 15) is 24.0 Å². The third kappa shape index (κ3) is 6.34. The Balaban J connectivity index is 1.33. The maximum Gasteiger partial charge on any atom is 0.419 e. The smallest absolute Gasteiger partial charge is 0.419 e. The second kappa shape index (κ2) is 11.7. The minimum atomic E-state index is -0.922. The van der Waals surface area contributed by atoms with Gasteiger partial charge in [-0.2, -0.15) is 5.10 Å². The van der Waals surface area contributed by atoms with Crippen LogP contribution in [0.1, 0.15) is 70.4 Å². The molecule has 2 aliphatic carbocycles. The molecule has 0 bridgehead atoms. The van der Waals surface area contributed by atoms with E-state index >= 15 is 0 Å². The number of imide groups is 1. The first-order valence-corrected chi connectivity index (χ1v) is 13.4. The van der Waals surface area contributed by atoms with Crippen molar-refractivity contribution >= 4 is 47.2 Å². The molecule has 214 valence electrons. The average Bonchev–Trinajstić information content (AvgIpc) is 3.89. The number of hydrogen-bond donors (Lipinski definition) is 2. The standard InChI is InChI=1S/C28H30N6O7/c1-16-5-6-18(27(38)34(20-9-10-20)28(39)41-15-40-23(36)4-3-11-35)12-22(16)32-25-24-17(2)21(13-33(24)30-14-29-25)26(37)31-19-7-8-19/h5-6,11-14,19-20H,3-4,7-10,15H2,1-2H3,(H,31,37)(H,29,30,32). The number of anilines is 2. The van der Waals surface area contributed by atoms with Gasteiger partial charge >= 0.3 is 12.1 Å². The van der Waals surface area contributed by atoms with Crippen LogP contribution in [-0.2, 0) is 19.1 Å². The molecule has 3 amide bonds. The molecule has 41 heavy (non-hydrogen) atoms. The van der Waals surface area contributed by atoms with Crippen LogP contribution in [0.3, 0.4) is 0 Å². The maximum absolute atomic E-state index is 13.4. The van der Waals surface area contributed by atoms with Crippen LogP contribution in [0.2, 0.25) is 0 Å². The highest BCUT2D eigenvalue weighted by Gasteiger charge is 2.39. The highest BCUT2D eigenvalue weighted by molar-refractivity contribution is 6.04. The maximum atomic E-state index is 13.4. The number of esters is 1. The highest BCUT2D eigenvalue weighted by atomic mass is 16.7. The number of carbonyl (C=O) groups excluding carboxylic acids is 5. The lowest BCUT2D eigenvalue weighted by Crippen LogP contribution is -2.39. The Morgan fingerprint density at radius 3 is 2.61 bits per heavy atom. The van der Waals surface area contributed by atoms with Crippen molar-refractivity contribution in [3.63, 3.8) is 0 Å². The third-order valence-corrected chi connectivity index (χ3v) is 6.92. The molecule has 13 nitrogen and oxygen atoms in total. The van der Waals surface area contributed by atoms with E-state index in [4.69, 9.17) is 9.47 Å². The SMILES string of the molecule is Cc1ccc(C(=O)N(C(=O)OCOC(=O)CCC=O)C2CC2)cc1Nc1ncnn2cc(C(=O)NC3CC3)c(C)c12. The monoisotopic (exact) mass is 562 g/mol. The Bertz CT molecular complexity index is 1530. The number of fused-ring (bicyclic) bond motifs is 1. The zero-order valence-electron chi connectivity index (χ0n) is 22.7. The van der Waals surface area contributed by atoms with Crippen LogP contribution in [-0.4, -0.2) is 68.5 Å². The molecule has 0 saturated heterocycles. The predicted octanol–water partition coefficient (Wildman–Crippen LogP) is 3.20. The zero-order chi connectivity index (χ0) is 29.1. The molecular formula is C28H30N6O7. The Morgan fingerprint density at radius 1 is 1.12 bits per heavy atom. The molecule has 2 N–H and O–H groups in total. The average molecular weight is 563 g/mol. The number of aryl methyl sites for hydroxylation is 2. The van der Waals surface area contributed by atoms with Crippen molar-refractivity contribution in [2.45, 2.75) is 64.5 Å². The lowest BCUT2D eigenvalue weighted by atomic mass is 10.1. The number of hydrogen-bond acceptors (Lipinski definition) is 10. The van der Waals surface area contributed by atoms with Crippen LogP contribution in [0, 0.1) is 13.8 Å². The van der Waals surface area contributed by atoms with E-state index in [0.29, 0.717) is 47.3 Å². The second-order valence-corrected chi connectivity index (χ2v) is 10.1. The first-order valence-electron chi connectivity index (χ1n) is 13.4. The Hall–Kier alpha value is -4.81. The number of benzene rings is 1. The van der Waals surface area contributed by atoms with Crippen molar-refractivity contribution in [1.82, 2.24) is 24.8 Å². The molecule has 0 unspecified atom stereocenters. The molecule has 1 aromatic carbocycles. The topological polar surface area (TPSA) is 161 Å². The summed E-state index contributed by atoms with van der Waals surface area (Å²) in [6.45, 7) is 3.03. The van der Waals surface area contributed by atoms with E-state index in [-0.39, 0.29) is 36.4 Å². The van der Waals surface area contributed by atoms with Crippen molar-refractivity contribution in [2.75, 3.05) is 12.1 Å². The highest BCUT2D eigenvalue weighted by Crippen LogP contribution is 2.31. The zero-order valence-corrected chi connectivity index (χ0v) is 22.7. The van der Waals surface area contributed by atoms with Crippen molar-refractivity contribution < 1.29 is 33.4 Å². The van der Waals surface area contributed by atoms with Crippen molar-refractivity contribution in [2.24, 2.45) is 0 Å². The number of nitrogens with one attached hydrogen (secondary N) is 2. The van der Waals surface area contributed by atoms with Crippen LogP contribution in [0.5, 0.6) is 0 Å². The molecule has 2 aromatic heterocycles. The number of ether oxygens (including phenoxy) is 2. The normalized spacial score (nSPS) is 14.3. The minimum absolute atomic E-state index is 0.00475. The van der Waals surface area contributed by atoms with Gasteiger partial charge in [-0.1, -0.05) is 6.07 Å². The fourth-order valence-electron chi connectivity index (χ4n) is 4.32. The molecule has 3 aromatic rings. The van der Waals surface area contributed by atoms with Crippen molar-refractivity contribution in [3.05, 3.63) is 53.0 Å². The Kier molecular flexibility index (Phi) is 7.95. The second-order valence-electron chi connectivity index (χ2n) is 10.1. The first-order chi connectivity index (χ1) is 19.8. The fourth-order valence-corrected chi connectivity index (χ4v) is 4.32. The molecule has 0 aliphatic heterocycles. The van der Waals surface area contributed by atoms with E-state index in [0.717, 1.165) is 23.3 Å². The van der Waals surface area contributed by atoms with Crippen LogP contribution < -0.4 is 10.6 Å². The van der Waals surface area contributed by atoms with Gasteiger partial charge in [0, 0.05) is 36.0 Å². The lowest BCUT2D eigenvalue weighted by Gasteiger charge is -2.20. The van der Waals surface area contributed by atoms with Gasteiger partial charge < -0.3 is 24.9 Å². The van der Waals surface area contributed by atoms with E-state index in [1.807, 2.05) is 13.8 Å². The first kappa shape index (κ1) is 27.7. The van der Waals surface area contributed by atoms with Crippen LogP contribution in [0.4, 0.5) is 16.3 Å². The third-order valence-electron chi connectivity index (χ3n) is 6.92. The Labute approximate surface area is 235 Å². The van der Waals surface area contributed by atoms with Gasteiger partial charge in [0.1, 0.15) is 18.1 Å². The molecule has 5 rings (SSSR count). The molecular weight excluding hydrogens is 532 g/mol. The summed E-state index contributed by atoms with van der Waals surface area (Å²) < 4.78 is 11.4. The molecule has 0 spiro atoms. The van der Waals surface area contributed by atoms with E-state index in [1.54, 1.807) is 28.9 Å². The van der Waals surface area contributed by atoms with E-state index in [1.165, 1.54) is 6.33 Å². The summed E-state index contributed by atoms with van der Waals surface area (Å²) in [5, 5.41) is 10.5. The van der Waals surface area contributed by atoms with Crippen molar-refractivity contribution in [3.8, 4) is 0 Å². The van der Waals surface area contributed by atoms with Gasteiger partial charge in [-0.15, -0.1) is 0 Å². The van der Waals surface area contributed by atoms with Gasteiger partial charge in [0.15, 0.2) is 5.82 Å². The van der Waals surface area contributed by atoms with Gasteiger partial charge in [0.05, 0.1) is 12.0 Å². The quantitative estimate of drug-likeness (QED) is 0.202. The number of aldehydes is 1. The molecule has 0 radical (unpaired) electrons. The largest absolute Gasteiger partial charge is 0.428 e. The van der Waals surface area contributed by atoms with Crippen LogP contribution in [0.25, 0.3) is 5.52 Å². The summed E-state index contributed by atoms with van der Waals surface area (Å²) in [4.78, 5) is 66.3. The van der Waals surface area contributed by atoms with Crippen LogP contribution >= 0.6 is 0 Å². The summed E-state index contributed by atoms with van der Waals surface area (Å²) in [6, 6.07) is 4.88. The van der Waals surface area contributed by atoms with Gasteiger partial charge in [0.25, 0.3) is 11.8 Å². The fraction of sp³-hybridized carbons (Fsp3) is 0.393. The Morgan fingerprint density at radius 2 is 1.90 bits per heavy atom. The van der Waals surface area contributed by atoms with Gasteiger partial charge in [-0.05, 0) is 62.8 Å². The van der Waals surface area contributed by atoms with E-state index in [2.05, 4.69) is 20.7 Å². The number of rotatable bonds is 11. The molecule has 13 heteroatoms. The van der Waals surface area contributed by atoms with E-state index < -0.39 is 24.8 Å². The number of nitrogens with zero attached hydrogens (tertiary/aromatic N) is 4. The summed E-state index contributed by atoms with van der Waals surface area (Å²) in [6.07, 6.45) is 5.82.